The number of nitrogens with one attached hydrogen (secondary N) is 1. The van der Waals surface area contributed by atoms with Crippen molar-refractivity contribution in [3.63, 3.8) is 0 Å². The number of fused-ring (bicyclic) bond motifs is 5. The molecule has 0 spiro atoms. The fraction of sp³-hybridized carbons (Fsp3) is 0.500. The SMILES string of the molecule is C[C@]12CCC3c4ccc(Cl)cc4CCC3C1[C@H](CCC(=O)Nc1ccc(F)cn1)C/C2=N\O. The number of hydrogen-bond acceptors (Lipinski definition) is 4. The van der Waals surface area contributed by atoms with Crippen LogP contribution in [0.3, 0.4) is 0 Å². The Morgan fingerprint density at radius 3 is 2.94 bits per heavy atom. The van der Waals surface area contributed by atoms with Crippen LogP contribution in [0.1, 0.15) is 62.5 Å². The van der Waals surface area contributed by atoms with Crippen LogP contribution < -0.4 is 5.32 Å². The summed E-state index contributed by atoms with van der Waals surface area (Å²) in [4.78, 5) is 16.5. The van der Waals surface area contributed by atoms with Gasteiger partial charge < -0.3 is 10.5 Å². The number of pyridine rings is 1. The molecule has 0 radical (unpaired) electrons. The number of carbonyl (C=O) groups excluding carboxylic acids is 1. The van der Waals surface area contributed by atoms with Crippen LogP contribution in [0.15, 0.2) is 41.7 Å². The van der Waals surface area contributed by atoms with Crippen LogP contribution in [0.5, 0.6) is 0 Å². The van der Waals surface area contributed by atoms with Crippen molar-refractivity contribution in [1.82, 2.24) is 4.98 Å². The zero-order valence-electron chi connectivity index (χ0n) is 18.7. The molecule has 3 aliphatic rings. The van der Waals surface area contributed by atoms with Gasteiger partial charge in [-0.3, -0.25) is 4.79 Å². The monoisotopic (exact) mass is 469 g/mol. The van der Waals surface area contributed by atoms with Gasteiger partial charge in [-0.15, -0.1) is 0 Å². The van der Waals surface area contributed by atoms with Gasteiger partial charge in [-0.2, -0.15) is 0 Å². The number of benzene rings is 1. The average molecular weight is 470 g/mol. The van der Waals surface area contributed by atoms with Crippen LogP contribution in [-0.2, 0) is 11.2 Å². The molecule has 0 aliphatic heterocycles. The standard InChI is InChI=1S/C26H29ClFN3O2/c1-26-11-10-20-19-7-4-17(27)12-15(19)2-6-21(20)25(26)16(13-22(26)31-33)3-9-24(32)30-23-8-5-18(28)14-29-23/h4-5,7-8,12,14,16,20-21,25,33H,2-3,6,9-11,13H2,1H3,(H,29,30,32)/b31-22+/t16-,20?,21?,25?,26-/m1/s1. The number of rotatable bonds is 4. The maximum Gasteiger partial charge on any atom is 0.225 e. The first-order valence-corrected chi connectivity index (χ1v) is 12.2. The Kier molecular flexibility index (Phi) is 5.89. The van der Waals surface area contributed by atoms with Crippen LogP contribution in [0.25, 0.3) is 0 Å². The third kappa shape index (κ3) is 4.03. The van der Waals surface area contributed by atoms with Gasteiger partial charge in [0.1, 0.15) is 11.6 Å². The summed E-state index contributed by atoms with van der Waals surface area (Å²) in [5.41, 5.74) is 3.55. The molecule has 0 saturated heterocycles. The quantitative estimate of drug-likeness (QED) is 0.413. The van der Waals surface area contributed by atoms with Crippen molar-refractivity contribution < 1.29 is 14.4 Å². The van der Waals surface area contributed by atoms with Gasteiger partial charge >= 0.3 is 0 Å². The van der Waals surface area contributed by atoms with Crippen LogP contribution in [-0.4, -0.2) is 21.8 Å². The number of amides is 1. The Bertz CT molecular complexity index is 1090. The summed E-state index contributed by atoms with van der Waals surface area (Å²) in [6, 6.07) is 9.06. The van der Waals surface area contributed by atoms with E-state index < -0.39 is 5.82 Å². The van der Waals surface area contributed by atoms with Gasteiger partial charge in [0, 0.05) is 16.9 Å². The minimum Gasteiger partial charge on any atom is -0.411 e. The number of oxime groups is 1. The van der Waals surface area contributed by atoms with E-state index in [-0.39, 0.29) is 17.2 Å². The maximum absolute atomic E-state index is 13.1. The second-order valence-electron chi connectivity index (χ2n) is 10.1. The third-order valence-electron chi connectivity index (χ3n) is 8.42. The van der Waals surface area contributed by atoms with E-state index in [0.717, 1.165) is 55.5 Å². The van der Waals surface area contributed by atoms with Crippen LogP contribution >= 0.6 is 11.6 Å². The Balaban J connectivity index is 1.34. The van der Waals surface area contributed by atoms with E-state index in [1.807, 2.05) is 6.07 Å². The van der Waals surface area contributed by atoms with E-state index in [1.165, 1.54) is 23.3 Å². The molecule has 5 nitrogen and oxygen atoms in total. The number of aromatic nitrogens is 1. The molecule has 7 heteroatoms. The molecule has 5 atom stereocenters. The van der Waals surface area contributed by atoms with Gasteiger partial charge in [0.15, 0.2) is 0 Å². The zero-order chi connectivity index (χ0) is 23.2. The first kappa shape index (κ1) is 22.3. The van der Waals surface area contributed by atoms with E-state index >= 15 is 0 Å². The van der Waals surface area contributed by atoms with Crippen LogP contribution in [0.4, 0.5) is 10.2 Å². The number of hydrogen-bond donors (Lipinski definition) is 2. The summed E-state index contributed by atoms with van der Waals surface area (Å²) in [6.07, 6.45) is 7.09. The molecule has 3 aliphatic carbocycles. The van der Waals surface area contributed by atoms with Gasteiger partial charge in [-0.25, -0.2) is 9.37 Å². The lowest BCUT2D eigenvalue weighted by molar-refractivity contribution is -0.116. The lowest BCUT2D eigenvalue weighted by Crippen LogP contribution is -2.44. The second-order valence-corrected chi connectivity index (χ2v) is 10.5. The molecular formula is C26H29ClFN3O2. The van der Waals surface area contributed by atoms with Crippen LogP contribution in [0.2, 0.25) is 5.02 Å². The highest BCUT2D eigenvalue weighted by Gasteiger charge is 2.57. The predicted octanol–water partition coefficient (Wildman–Crippen LogP) is 6.21. The fourth-order valence-electron chi connectivity index (χ4n) is 7.02. The zero-order valence-corrected chi connectivity index (χ0v) is 19.5. The topological polar surface area (TPSA) is 74.6 Å². The number of anilines is 1. The summed E-state index contributed by atoms with van der Waals surface area (Å²) < 4.78 is 13.1. The smallest absolute Gasteiger partial charge is 0.225 e. The highest BCUT2D eigenvalue weighted by molar-refractivity contribution is 6.30. The molecule has 2 aromatic rings. The lowest BCUT2D eigenvalue weighted by Gasteiger charge is -2.50. The average Bonchev–Trinajstić information content (AvgIpc) is 3.10. The number of halogens is 2. The van der Waals surface area contributed by atoms with E-state index in [1.54, 1.807) is 0 Å². The van der Waals surface area contributed by atoms with Crippen molar-refractivity contribution in [2.75, 3.05) is 5.32 Å². The molecule has 5 rings (SSSR count). The van der Waals surface area contributed by atoms with Gasteiger partial charge in [0.05, 0.1) is 11.9 Å². The normalized spacial score (nSPS) is 31.5. The molecule has 2 saturated carbocycles. The summed E-state index contributed by atoms with van der Waals surface area (Å²) in [6.45, 7) is 2.25. The van der Waals surface area contributed by atoms with Crippen molar-refractivity contribution in [2.45, 2.75) is 57.8 Å². The van der Waals surface area contributed by atoms with E-state index in [0.29, 0.717) is 30.0 Å². The van der Waals surface area contributed by atoms with Gasteiger partial charge in [0.2, 0.25) is 5.91 Å². The molecule has 3 unspecified atom stereocenters. The highest BCUT2D eigenvalue weighted by atomic mass is 35.5. The summed E-state index contributed by atoms with van der Waals surface area (Å²) in [5, 5.41) is 17.1. The summed E-state index contributed by atoms with van der Waals surface area (Å²) in [5.74, 6) is 1.46. The van der Waals surface area contributed by atoms with Crippen molar-refractivity contribution in [3.05, 3.63) is 58.5 Å². The van der Waals surface area contributed by atoms with Crippen molar-refractivity contribution in [2.24, 2.45) is 28.3 Å². The Labute approximate surface area is 198 Å². The minimum absolute atomic E-state index is 0.124. The molecule has 1 aromatic heterocycles. The van der Waals surface area contributed by atoms with Crippen LogP contribution in [0, 0.1) is 29.0 Å². The summed E-state index contributed by atoms with van der Waals surface area (Å²) >= 11 is 6.26. The van der Waals surface area contributed by atoms with E-state index in [2.05, 4.69) is 34.5 Å². The molecule has 1 heterocycles. The van der Waals surface area contributed by atoms with E-state index in [4.69, 9.17) is 11.6 Å². The molecule has 2 N–H and O–H groups in total. The first-order chi connectivity index (χ1) is 15.9. The molecule has 33 heavy (non-hydrogen) atoms. The van der Waals surface area contributed by atoms with Crippen molar-refractivity contribution in [3.8, 4) is 0 Å². The number of carbonyl (C=O) groups is 1. The Morgan fingerprint density at radius 1 is 1.33 bits per heavy atom. The van der Waals surface area contributed by atoms with Gasteiger partial charge in [-0.1, -0.05) is 29.7 Å². The Hall–Kier alpha value is -2.47. The molecule has 2 fully saturated rings. The molecular weight excluding hydrogens is 441 g/mol. The Morgan fingerprint density at radius 2 is 2.18 bits per heavy atom. The fourth-order valence-corrected chi connectivity index (χ4v) is 7.22. The van der Waals surface area contributed by atoms with Gasteiger partial charge in [-0.05, 0) is 97.6 Å². The largest absolute Gasteiger partial charge is 0.411 e. The maximum atomic E-state index is 13.1. The number of nitrogens with zero attached hydrogens (tertiary/aromatic N) is 2. The first-order valence-electron chi connectivity index (χ1n) is 11.8. The number of aryl methyl sites for hydroxylation is 1. The molecule has 1 amide bonds. The van der Waals surface area contributed by atoms with E-state index in [9.17, 15) is 14.4 Å². The van der Waals surface area contributed by atoms with Gasteiger partial charge in [0.25, 0.3) is 0 Å². The van der Waals surface area contributed by atoms with Crippen molar-refractivity contribution in [1.29, 1.82) is 0 Å². The molecule has 0 bridgehead atoms. The third-order valence-corrected chi connectivity index (χ3v) is 8.66. The lowest BCUT2D eigenvalue weighted by atomic mass is 9.54. The highest BCUT2D eigenvalue weighted by Crippen LogP contribution is 2.62. The van der Waals surface area contributed by atoms with Crippen molar-refractivity contribution >= 4 is 29.0 Å². The minimum atomic E-state index is -0.433. The summed E-state index contributed by atoms with van der Waals surface area (Å²) in [7, 11) is 0. The molecule has 174 valence electrons. The second kappa shape index (κ2) is 8.71. The predicted molar refractivity (Wildman–Crippen MR) is 126 cm³/mol. The molecule has 1 aromatic carbocycles.